The molecular weight excluding hydrogens is 194 g/mol. The van der Waals surface area contributed by atoms with Crippen molar-refractivity contribution in [2.24, 2.45) is 0 Å². The number of halogens is 1. The molecule has 0 aliphatic carbocycles. The summed E-state index contributed by atoms with van der Waals surface area (Å²) < 4.78 is 0. The summed E-state index contributed by atoms with van der Waals surface area (Å²) in [6.45, 7) is 5.25. The first kappa shape index (κ1) is 10.0. The number of nitrogens with zero attached hydrogens (tertiary/aromatic N) is 1. The van der Waals surface area contributed by atoms with E-state index in [1.165, 1.54) is 5.56 Å². The highest BCUT2D eigenvalue weighted by molar-refractivity contribution is 6.24. The van der Waals surface area contributed by atoms with E-state index >= 15 is 0 Å². The van der Waals surface area contributed by atoms with E-state index < -0.39 is 0 Å². The van der Waals surface area contributed by atoms with Crippen LogP contribution in [-0.4, -0.2) is 22.9 Å². The summed E-state index contributed by atoms with van der Waals surface area (Å²) in [5.74, 6) is 0. The Morgan fingerprint density at radius 1 is 1.29 bits per heavy atom. The fourth-order valence-corrected chi connectivity index (χ4v) is 2.27. The molecular formula is C12H16ClN. The van der Waals surface area contributed by atoms with Gasteiger partial charge in [0.1, 0.15) is 0 Å². The molecule has 0 amide bonds. The van der Waals surface area contributed by atoms with Gasteiger partial charge in [-0.25, -0.2) is 0 Å². The molecule has 0 saturated carbocycles. The van der Waals surface area contributed by atoms with Crippen LogP contribution in [0.4, 0.5) is 0 Å². The van der Waals surface area contributed by atoms with Crippen molar-refractivity contribution in [1.82, 2.24) is 4.90 Å². The number of rotatable bonds is 3. The van der Waals surface area contributed by atoms with E-state index in [1.54, 1.807) is 0 Å². The SMILES string of the molecule is CCC1(Cl)CN(Cc2ccccc2)C1. The third-order valence-corrected chi connectivity index (χ3v) is 3.40. The van der Waals surface area contributed by atoms with E-state index in [0.717, 1.165) is 26.1 Å². The minimum Gasteiger partial charge on any atom is -0.295 e. The molecule has 1 heterocycles. The molecule has 0 unspecified atom stereocenters. The van der Waals surface area contributed by atoms with E-state index in [-0.39, 0.29) is 4.87 Å². The van der Waals surface area contributed by atoms with Crippen LogP contribution in [0.3, 0.4) is 0 Å². The number of hydrogen-bond donors (Lipinski definition) is 0. The van der Waals surface area contributed by atoms with E-state index in [9.17, 15) is 0 Å². The van der Waals surface area contributed by atoms with Crippen LogP contribution in [0.25, 0.3) is 0 Å². The Bertz CT molecular complexity index is 290. The molecule has 2 rings (SSSR count). The molecule has 0 radical (unpaired) electrons. The molecule has 1 aliphatic rings. The zero-order valence-electron chi connectivity index (χ0n) is 8.54. The minimum absolute atomic E-state index is 0.0643. The standard InChI is InChI=1S/C12H16ClN/c1-2-12(13)9-14(10-12)8-11-6-4-3-5-7-11/h3-7H,2,8-10H2,1H3. The zero-order valence-corrected chi connectivity index (χ0v) is 9.30. The van der Waals surface area contributed by atoms with Gasteiger partial charge in [0.15, 0.2) is 0 Å². The van der Waals surface area contributed by atoms with Gasteiger partial charge in [-0.15, -0.1) is 11.6 Å². The third-order valence-electron chi connectivity index (χ3n) is 2.90. The Morgan fingerprint density at radius 2 is 1.93 bits per heavy atom. The lowest BCUT2D eigenvalue weighted by atomic mass is 9.95. The molecule has 1 nitrogen and oxygen atoms in total. The lowest BCUT2D eigenvalue weighted by Crippen LogP contribution is -2.57. The topological polar surface area (TPSA) is 3.24 Å². The molecule has 0 spiro atoms. The fraction of sp³-hybridized carbons (Fsp3) is 0.500. The summed E-state index contributed by atoms with van der Waals surface area (Å²) in [5, 5.41) is 0. The predicted octanol–water partition coefficient (Wildman–Crippen LogP) is 2.89. The van der Waals surface area contributed by atoms with Gasteiger partial charge >= 0.3 is 0 Å². The molecule has 1 aromatic rings. The summed E-state index contributed by atoms with van der Waals surface area (Å²) in [5.41, 5.74) is 1.38. The minimum atomic E-state index is 0.0643. The van der Waals surface area contributed by atoms with Crippen molar-refractivity contribution in [3.8, 4) is 0 Å². The molecule has 1 aromatic carbocycles. The Morgan fingerprint density at radius 3 is 2.50 bits per heavy atom. The maximum atomic E-state index is 6.31. The van der Waals surface area contributed by atoms with E-state index in [0.29, 0.717) is 0 Å². The molecule has 1 fully saturated rings. The lowest BCUT2D eigenvalue weighted by Gasteiger charge is -2.45. The first-order valence-electron chi connectivity index (χ1n) is 5.17. The summed E-state index contributed by atoms with van der Waals surface area (Å²) in [4.78, 5) is 2.46. The summed E-state index contributed by atoms with van der Waals surface area (Å²) in [7, 11) is 0. The van der Waals surface area contributed by atoms with Crippen molar-refractivity contribution in [3.63, 3.8) is 0 Å². The fourth-order valence-electron chi connectivity index (χ4n) is 1.93. The lowest BCUT2D eigenvalue weighted by molar-refractivity contribution is 0.111. The van der Waals surface area contributed by atoms with Gasteiger partial charge < -0.3 is 0 Å². The highest BCUT2D eigenvalue weighted by Gasteiger charge is 2.39. The molecule has 1 saturated heterocycles. The van der Waals surface area contributed by atoms with Crippen LogP contribution in [0, 0.1) is 0 Å². The Kier molecular flexibility index (Phi) is 2.80. The highest BCUT2D eigenvalue weighted by atomic mass is 35.5. The van der Waals surface area contributed by atoms with Gasteiger partial charge in [0.2, 0.25) is 0 Å². The second-order valence-corrected chi connectivity index (χ2v) is 4.94. The van der Waals surface area contributed by atoms with Gasteiger partial charge in [-0.1, -0.05) is 37.3 Å². The second kappa shape index (κ2) is 3.92. The van der Waals surface area contributed by atoms with Crippen molar-refractivity contribution < 1.29 is 0 Å². The summed E-state index contributed by atoms with van der Waals surface area (Å²) in [6, 6.07) is 10.6. The first-order valence-corrected chi connectivity index (χ1v) is 5.55. The maximum absolute atomic E-state index is 6.31. The number of likely N-dealkylation sites (tertiary alicyclic amines) is 1. The van der Waals surface area contributed by atoms with Gasteiger partial charge in [0.25, 0.3) is 0 Å². The van der Waals surface area contributed by atoms with Crippen molar-refractivity contribution in [1.29, 1.82) is 0 Å². The Balaban J connectivity index is 1.85. The van der Waals surface area contributed by atoms with Crippen LogP contribution < -0.4 is 0 Å². The second-order valence-electron chi connectivity index (χ2n) is 4.14. The molecule has 0 aromatic heterocycles. The van der Waals surface area contributed by atoms with Crippen LogP contribution in [0.1, 0.15) is 18.9 Å². The molecule has 0 N–H and O–H groups in total. The quantitative estimate of drug-likeness (QED) is 0.692. The molecule has 76 valence electrons. The molecule has 14 heavy (non-hydrogen) atoms. The van der Waals surface area contributed by atoms with Crippen LogP contribution in [0.15, 0.2) is 30.3 Å². The molecule has 0 atom stereocenters. The van der Waals surface area contributed by atoms with Crippen molar-refractivity contribution >= 4 is 11.6 Å². The van der Waals surface area contributed by atoms with Crippen LogP contribution in [0.5, 0.6) is 0 Å². The largest absolute Gasteiger partial charge is 0.295 e. The van der Waals surface area contributed by atoms with Gasteiger partial charge in [-0.05, 0) is 12.0 Å². The summed E-state index contributed by atoms with van der Waals surface area (Å²) >= 11 is 6.31. The maximum Gasteiger partial charge on any atom is 0.0697 e. The van der Waals surface area contributed by atoms with Gasteiger partial charge in [-0.2, -0.15) is 0 Å². The van der Waals surface area contributed by atoms with Crippen LogP contribution in [-0.2, 0) is 6.54 Å². The monoisotopic (exact) mass is 209 g/mol. The van der Waals surface area contributed by atoms with E-state index in [1.807, 2.05) is 0 Å². The predicted molar refractivity (Wildman–Crippen MR) is 60.6 cm³/mol. The van der Waals surface area contributed by atoms with Gasteiger partial charge in [-0.3, -0.25) is 4.90 Å². The zero-order chi connectivity index (χ0) is 10.0. The number of benzene rings is 1. The van der Waals surface area contributed by atoms with E-state index in [4.69, 9.17) is 11.6 Å². The number of hydrogen-bond acceptors (Lipinski definition) is 1. The van der Waals surface area contributed by atoms with E-state index in [2.05, 4.69) is 42.2 Å². The van der Waals surface area contributed by atoms with Crippen LogP contribution >= 0.6 is 11.6 Å². The van der Waals surface area contributed by atoms with Crippen molar-refractivity contribution in [3.05, 3.63) is 35.9 Å². The Hall–Kier alpha value is -0.530. The normalized spacial score (nSPS) is 20.4. The van der Waals surface area contributed by atoms with Crippen molar-refractivity contribution in [2.45, 2.75) is 24.8 Å². The van der Waals surface area contributed by atoms with Crippen molar-refractivity contribution in [2.75, 3.05) is 13.1 Å². The average molecular weight is 210 g/mol. The van der Waals surface area contributed by atoms with Crippen LogP contribution in [0.2, 0.25) is 0 Å². The summed E-state index contributed by atoms with van der Waals surface area (Å²) in [6.07, 6.45) is 1.07. The molecule has 2 heteroatoms. The smallest absolute Gasteiger partial charge is 0.0697 e. The van der Waals surface area contributed by atoms with Gasteiger partial charge in [0, 0.05) is 19.6 Å². The average Bonchev–Trinajstić information content (AvgIpc) is 2.17. The molecule has 0 bridgehead atoms. The first-order chi connectivity index (χ1) is 6.72. The number of alkyl halides is 1. The molecule has 1 aliphatic heterocycles. The van der Waals surface area contributed by atoms with Gasteiger partial charge in [0.05, 0.1) is 4.87 Å². The third kappa shape index (κ3) is 2.10. The highest BCUT2D eigenvalue weighted by Crippen LogP contribution is 2.32. The Labute approximate surface area is 90.7 Å².